The molecule has 0 radical (unpaired) electrons. The van der Waals surface area contributed by atoms with Gasteiger partial charge in [0, 0.05) is 13.2 Å². The van der Waals surface area contributed by atoms with Gasteiger partial charge in [-0.3, -0.25) is 0 Å². The van der Waals surface area contributed by atoms with Crippen LogP contribution in [-0.4, -0.2) is 35.4 Å². The SMILES string of the molecule is NCC(SCCCO)C(F)(F)F. The summed E-state index contributed by atoms with van der Waals surface area (Å²) in [6.45, 7) is -0.484. The van der Waals surface area contributed by atoms with Crippen molar-refractivity contribution in [2.75, 3.05) is 18.9 Å². The van der Waals surface area contributed by atoms with E-state index in [0.717, 1.165) is 11.8 Å². The van der Waals surface area contributed by atoms with Crippen LogP contribution >= 0.6 is 11.8 Å². The van der Waals surface area contributed by atoms with Gasteiger partial charge >= 0.3 is 6.18 Å². The fourth-order valence-electron chi connectivity index (χ4n) is 0.586. The summed E-state index contributed by atoms with van der Waals surface area (Å²) in [4.78, 5) is 0. The lowest BCUT2D eigenvalue weighted by Crippen LogP contribution is -2.33. The quantitative estimate of drug-likeness (QED) is 0.655. The highest BCUT2D eigenvalue weighted by Gasteiger charge is 2.38. The Morgan fingerprint density at radius 2 is 2.00 bits per heavy atom. The predicted molar refractivity (Wildman–Crippen MR) is 43.1 cm³/mol. The normalized spacial score (nSPS) is 14.8. The fourth-order valence-corrected chi connectivity index (χ4v) is 1.49. The molecule has 6 heteroatoms. The molecule has 0 bridgehead atoms. The van der Waals surface area contributed by atoms with Crippen molar-refractivity contribution in [3.05, 3.63) is 0 Å². The smallest absolute Gasteiger partial charge is 0.396 e. The molecule has 74 valence electrons. The molecule has 0 aliphatic heterocycles. The van der Waals surface area contributed by atoms with Crippen LogP contribution in [0.2, 0.25) is 0 Å². The largest absolute Gasteiger partial charge is 0.401 e. The van der Waals surface area contributed by atoms with Crippen LogP contribution in [0.1, 0.15) is 6.42 Å². The second kappa shape index (κ2) is 5.66. The Labute approximate surface area is 73.3 Å². The molecule has 0 amide bonds. The Bertz CT molecular complexity index is 120. The number of hydrogen-bond acceptors (Lipinski definition) is 3. The van der Waals surface area contributed by atoms with Gasteiger partial charge < -0.3 is 10.8 Å². The maximum Gasteiger partial charge on any atom is 0.401 e. The summed E-state index contributed by atoms with van der Waals surface area (Å²) in [6.07, 6.45) is -3.86. The monoisotopic (exact) mass is 203 g/mol. The Morgan fingerprint density at radius 3 is 2.33 bits per heavy atom. The maximum absolute atomic E-state index is 12.0. The highest BCUT2D eigenvalue weighted by Crippen LogP contribution is 2.29. The summed E-state index contributed by atoms with van der Waals surface area (Å²) in [5.74, 6) is 0.290. The minimum absolute atomic E-state index is 0.0812. The van der Waals surface area contributed by atoms with Crippen molar-refractivity contribution in [3.63, 3.8) is 0 Å². The highest BCUT2D eigenvalue weighted by atomic mass is 32.2. The van der Waals surface area contributed by atoms with Crippen molar-refractivity contribution in [2.45, 2.75) is 17.8 Å². The van der Waals surface area contributed by atoms with Crippen LogP contribution in [0.5, 0.6) is 0 Å². The van der Waals surface area contributed by atoms with Crippen molar-refractivity contribution in [2.24, 2.45) is 5.73 Å². The molecule has 0 aliphatic rings. The summed E-state index contributed by atoms with van der Waals surface area (Å²) in [5, 5.41) is 6.83. The van der Waals surface area contributed by atoms with Gasteiger partial charge in [-0.1, -0.05) is 0 Å². The molecule has 0 saturated carbocycles. The number of rotatable bonds is 5. The summed E-state index contributed by atoms with van der Waals surface area (Å²) in [6, 6.07) is 0. The third kappa shape index (κ3) is 4.84. The van der Waals surface area contributed by atoms with E-state index in [-0.39, 0.29) is 12.4 Å². The van der Waals surface area contributed by atoms with E-state index >= 15 is 0 Å². The van der Waals surface area contributed by atoms with Crippen LogP contribution < -0.4 is 5.73 Å². The van der Waals surface area contributed by atoms with Crippen LogP contribution in [0.3, 0.4) is 0 Å². The molecule has 12 heavy (non-hydrogen) atoms. The molecule has 0 heterocycles. The zero-order chi connectivity index (χ0) is 9.61. The highest BCUT2D eigenvalue weighted by molar-refractivity contribution is 8.00. The van der Waals surface area contributed by atoms with E-state index in [9.17, 15) is 13.2 Å². The Morgan fingerprint density at radius 1 is 1.42 bits per heavy atom. The minimum Gasteiger partial charge on any atom is -0.396 e. The molecule has 1 unspecified atom stereocenters. The second-order valence-electron chi connectivity index (χ2n) is 2.21. The van der Waals surface area contributed by atoms with Gasteiger partial charge in [0.1, 0.15) is 5.25 Å². The number of hydrogen-bond donors (Lipinski definition) is 2. The van der Waals surface area contributed by atoms with Gasteiger partial charge in [0.2, 0.25) is 0 Å². The molecule has 0 fully saturated rings. The number of aliphatic hydroxyl groups excluding tert-OH is 1. The van der Waals surface area contributed by atoms with Gasteiger partial charge in [-0.15, -0.1) is 11.8 Å². The molecule has 0 aliphatic carbocycles. The first kappa shape index (κ1) is 12.1. The number of aliphatic hydroxyl groups is 1. The number of alkyl halides is 3. The minimum atomic E-state index is -4.23. The molecular weight excluding hydrogens is 191 g/mol. The van der Waals surface area contributed by atoms with Crippen molar-refractivity contribution >= 4 is 11.8 Å². The summed E-state index contributed by atoms with van der Waals surface area (Å²) >= 11 is 0.743. The average Bonchev–Trinajstić information content (AvgIpc) is 1.95. The molecular formula is C6H12F3NOS. The topological polar surface area (TPSA) is 46.2 Å². The van der Waals surface area contributed by atoms with Gasteiger partial charge in [0.05, 0.1) is 0 Å². The molecule has 1 atom stereocenters. The summed E-state index contributed by atoms with van der Waals surface area (Å²) in [7, 11) is 0. The Balaban J connectivity index is 3.68. The molecule has 0 saturated heterocycles. The van der Waals surface area contributed by atoms with Crippen molar-refractivity contribution in [3.8, 4) is 0 Å². The van der Waals surface area contributed by atoms with E-state index in [4.69, 9.17) is 10.8 Å². The first-order valence-electron chi connectivity index (χ1n) is 3.51. The number of thioether (sulfide) groups is 1. The summed E-state index contributed by atoms with van der Waals surface area (Å²) < 4.78 is 36.0. The molecule has 0 aromatic heterocycles. The molecule has 0 aromatic rings. The van der Waals surface area contributed by atoms with E-state index in [1.54, 1.807) is 0 Å². The van der Waals surface area contributed by atoms with Crippen LogP contribution in [0, 0.1) is 0 Å². The van der Waals surface area contributed by atoms with Crippen molar-refractivity contribution in [1.29, 1.82) is 0 Å². The molecule has 0 rings (SSSR count). The standard InChI is InChI=1S/C6H12F3NOS/c7-6(8,9)5(4-10)12-3-1-2-11/h5,11H,1-4,10H2. The Hall–Kier alpha value is 0.0600. The average molecular weight is 203 g/mol. The van der Waals surface area contributed by atoms with Crippen molar-refractivity contribution < 1.29 is 18.3 Å². The third-order valence-corrected chi connectivity index (χ3v) is 2.59. The maximum atomic E-state index is 12.0. The number of nitrogens with two attached hydrogens (primary N) is 1. The third-order valence-electron chi connectivity index (χ3n) is 1.20. The van der Waals surface area contributed by atoms with Crippen LogP contribution in [0.15, 0.2) is 0 Å². The number of halogens is 3. The van der Waals surface area contributed by atoms with E-state index < -0.39 is 18.0 Å². The first-order chi connectivity index (χ1) is 5.52. The van der Waals surface area contributed by atoms with E-state index in [0.29, 0.717) is 6.42 Å². The predicted octanol–water partition coefficient (Wildman–Crippen LogP) is 0.992. The molecule has 2 nitrogen and oxygen atoms in total. The van der Waals surface area contributed by atoms with Gasteiger partial charge in [-0.2, -0.15) is 13.2 Å². The van der Waals surface area contributed by atoms with Gasteiger partial charge in [-0.25, -0.2) is 0 Å². The lowest BCUT2D eigenvalue weighted by Gasteiger charge is -2.17. The first-order valence-corrected chi connectivity index (χ1v) is 4.56. The van der Waals surface area contributed by atoms with Gasteiger partial charge in [0.25, 0.3) is 0 Å². The summed E-state index contributed by atoms with van der Waals surface area (Å²) in [5.41, 5.74) is 4.94. The zero-order valence-electron chi connectivity index (χ0n) is 6.47. The van der Waals surface area contributed by atoms with Gasteiger partial charge in [0.15, 0.2) is 0 Å². The van der Waals surface area contributed by atoms with Crippen LogP contribution in [0.4, 0.5) is 13.2 Å². The van der Waals surface area contributed by atoms with E-state index in [2.05, 4.69) is 0 Å². The Kier molecular flexibility index (Phi) is 5.69. The zero-order valence-corrected chi connectivity index (χ0v) is 7.29. The second-order valence-corrected chi connectivity index (χ2v) is 3.52. The molecule has 0 aromatic carbocycles. The van der Waals surface area contributed by atoms with Crippen molar-refractivity contribution in [1.82, 2.24) is 0 Å². The lowest BCUT2D eigenvalue weighted by molar-refractivity contribution is -0.126. The van der Waals surface area contributed by atoms with Crippen LogP contribution in [0.25, 0.3) is 0 Å². The fraction of sp³-hybridized carbons (Fsp3) is 1.00. The van der Waals surface area contributed by atoms with Crippen LogP contribution in [-0.2, 0) is 0 Å². The van der Waals surface area contributed by atoms with E-state index in [1.807, 2.05) is 0 Å². The molecule has 3 N–H and O–H groups in total. The van der Waals surface area contributed by atoms with Gasteiger partial charge in [-0.05, 0) is 12.2 Å². The lowest BCUT2D eigenvalue weighted by atomic mass is 10.4. The van der Waals surface area contributed by atoms with E-state index in [1.165, 1.54) is 0 Å². The molecule has 0 spiro atoms.